The number of nitrogens with one attached hydrogen (secondary N) is 6. The van der Waals surface area contributed by atoms with Crippen LogP contribution in [0.25, 0.3) is 11.0 Å². The first-order valence-corrected chi connectivity index (χ1v) is 40.7. The molecule has 44 nitrogen and oxygen atoms in total. The van der Waals surface area contributed by atoms with E-state index < -0.39 is 251 Å². The van der Waals surface area contributed by atoms with Gasteiger partial charge in [-0.05, 0) is 114 Å². The first-order valence-electron chi connectivity index (χ1n) is 40.7. The molecule has 4 fully saturated rings. The minimum Gasteiger partial charge on any atom is -0.481 e. The minimum absolute atomic E-state index is 0.0118. The quantitative estimate of drug-likeness (QED) is 0.0219. The number of carboxylic acid groups (broad SMARTS) is 4. The third-order valence-electron chi connectivity index (χ3n) is 21.4. The molecule has 22 N–H and O–H groups in total. The molecule has 11 unspecified atom stereocenters. The maximum Gasteiger partial charge on any atom is 0.364 e. The van der Waals surface area contributed by atoms with Gasteiger partial charge in [0, 0.05) is 107 Å². The number of Topliss-reactive ketones (excluding diaryl/α,β-unsaturated/α-hetero) is 2. The smallest absolute Gasteiger partial charge is 0.364 e. The van der Waals surface area contributed by atoms with Gasteiger partial charge in [-0.15, -0.1) is 0 Å². The number of hydrogen-bond donors (Lipinski definition) is 21. The van der Waals surface area contributed by atoms with Gasteiger partial charge in [-0.2, -0.15) is 0 Å². The van der Waals surface area contributed by atoms with Gasteiger partial charge in [0.05, 0.1) is 57.8 Å². The largest absolute Gasteiger partial charge is 0.481 e. The third-order valence-corrected chi connectivity index (χ3v) is 21.4. The number of benzene rings is 1. The molecule has 0 bridgehead atoms. The number of unbranched alkanes of at least 4 members (excludes halogenated alkanes) is 4. The van der Waals surface area contributed by atoms with Crippen LogP contribution in [0.5, 0.6) is 5.75 Å². The number of carbonyl (C=O) groups excluding carboxylic acids is 9. The average Bonchev–Trinajstić information content (AvgIpc) is 0.753. The van der Waals surface area contributed by atoms with E-state index in [0.717, 1.165) is 0 Å². The van der Waals surface area contributed by atoms with E-state index in [1.54, 1.807) is 13.0 Å². The molecule has 0 radical (unpaired) electrons. The number of aliphatic hydroxyl groups is 10. The van der Waals surface area contributed by atoms with Gasteiger partial charge in [0.25, 0.3) is 5.79 Å². The Morgan fingerprint density at radius 3 is 1.89 bits per heavy atom. The van der Waals surface area contributed by atoms with E-state index in [-0.39, 0.29) is 120 Å². The van der Waals surface area contributed by atoms with Crippen LogP contribution in [0.15, 0.2) is 33.5 Å². The fourth-order valence-electron chi connectivity index (χ4n) is 14.5. The Bertz CT molecular complexity index is 3840. The zero-order valence-electron chi connectivity index (χ0n) is 67.6. The number of primary amides is 1. The topological polar surface area (TPSA) is 707 Å². The van der Waals surface area contributed by atoms with E-state index in [4.69, 9.17) is 53.2 Å². The van der Waals surface area contributed by atoms with Gasteiger partial charge in [-0.3, -0.25) is 52.7 Å². The Hall–Kier alpha value is -8.94. The second-order valence-corrected chi connectivity index (χ2v) is 30.7. The van der Waals surface area contributed by atoms with Crippen LogP contribution in [-0.2, 0) is 95.5 Å². The molecule has 4 heterocycles. The Morgan fingerprint density at radius 1 is 0.598 bits per heavy atom. The van der Waals surface area contributed by atoms with Crippen LogP contribution >= 0.6 is 0 Å². The number of rotatable bonds is 56. The molecule has 7 amide bonds. The summed E-state index contributed by atoms with van der Waals surface area (Å²) in [5.74, 6) is -16.1. The van der Waals surface area contributed by atoms with Crippen LogP contribution in [0.3, 0.4) is 0 Å². The molecular weight excluding hydrogens is 1630 g/mol. The molecule has 1 aliphatic carbocycles. The number of amides is 7. The monoisotopic (exact) mass is 1740 g/mol. The highest BCUT2D eigenvalue weighted by molar-refractivity contribution is 5.91. The van der Waals surface area contributed by atoms with E-state index in [9.17, 15) is 134 Å². The summed E-state index contributed by atoms with van der Waals surface area (Å²) in [6.07, 6.45) is -26.8. The van der Waals surface area contributed by atoms with Crippen LogP contribution in [-0.4, -0.2) is 324 Å². The highest BCUT2D eigenvalue weighted by Gasteiger charge is 2.60. The highest BCUT2D eigenvalue weighted by Crippen LogP contribution is 2.42. The van der Waals surface area contributed by atoms with Gasteiger partial charge < -0.3 is 151 Å². The summed E-state index contributed by atoms with van der Waals surface area (Å²) in [6, 6.07) is 1.85. The third kappa shape index (κ3) is 32.6. The summed E-state index contributed by atoms with van der Waals surface area (Å²) in [7, 11) is 0. The second kappa shape index (κ2) is 51.4. The first-order chi connectivity index (χ1) is 58.0. The Balaban J connectivity index is 0.824. The highest BCUT2D eigenvalue weighted by atomic mass is 16.8. The molecule has 6 rings (SSSR count). The molecule has 1 aromatic heterocycles. The lowest BCUT2D eigenvalue weighted by Gasteiger charge is -2.50. The summed E-state index contributed by atoms with van der Waals surface area (Å²) in [5, 5.41) is 164. The SMILES string of the molecule is Cc1cc(=O)oc2cc(O[C@@H]3OC(CO)[C@@H](O[C@@H]4OC(CO)[C@H](O)[C@H](OC5(C(=O)O)CC(O)C(CC(=O)CNC(=O)CCCCCCC(=O)NCCCC[C@H](NC(=O)COCCOCCCC(=O)C(CCC(=O)O)NC(=O)CCC(NC(=O)C6CCC(CNC(=O)CCCC(=O)O)CC6)C(=O)O)C(N)=O)C(C(O)[C@H](O)CO)O5)C4O)[C@H](O)C3O)ccc12. The molecule has 0 spiro atoms. The predicted molar refractivity (Wildman–Crippen MR) is 413 cm³/mol. The summed E-state index contributed by atoms with van der Waals surface area (Å²) < 4.78 is 50.5. The van der Waals surface area contributed by atoms with Crippen molar-refractivity contribution in [2.45, 2.75) is 271 Å². The number of carbonyl (C=O) groups is 13. The minimum atomic E-state index is -3.20. The Labute approximate surface area is 699 Å². The van der Waals surface area contributed by atoms with Gasteiger partial charge >= 0.3 is 29.5 Å². The van der Waals surface area contributed by atoms with Gasteiger partial charge in [-0.1, -0.05) is 12.8 Å². The normalized spacial score (nSPS) is 25.9. The molecule has 2 aromatic rings. The number of ether oxygens (including phenoxy) is 8. The first kappa shape index (κ1) is 102. The predicted octanol–water partition coefficient (Wildman–Crippen LogP) is -4.68. The van der Waals surface area contributed by atoms with Crippen LogP contribution in [0.1, 0.15) is 160 Å². The fourth-order valence-corrected chi connectivity index (χ4v) is 14.5. The van der Waals surface area contributed by atoms with E-state index >= 15 is 0 Å². The molecule has 4 aliphatic rings. The summed E-state index contributed by atoms with van der Waals surface area (Å²) in [6.45, 7) is -2.12. The Morgan fingerprint density at radius 2 is 1.24 bits per heavy atom. The summed E-state index contributed by atoms with van der Waals surface area (Å²) in [4.78, 5) is 174. The molecule has 122 heavy (non-hydrogen) atoms. The van der Waals surface area contributed by atoms with Gasteiger partial charge in [-0.25, -0.2) is 14.4 Å². The van der Waals surface area contributed by atoms with Crippen LogP contribution < -0.4 is 48.0 Å². The van der Waals surface area contributed by atoms with Crippen LogP contribution in [0.2, 0.25) is 0 Å². The molecule has 1 aromatic carbocycles. The Kier molecular flexibility index (Phi) is 42.9. The molecule has 686 valence electrons. The number of aryl methyl sites for hydroxylation is 1. The van der Waals surface area contributed by atoms with E-state index in [1.807, 2.05) is 0 Å². The van der Waals surface area contributed by atoms with Crippen molar-refractivity contribution >= 4 is 87.8 Å². The van der Waals surface area contributed by atoms with Gasteiger partial charge in [0.2, 0.25) is 47.6 Å². The van der Waals surface area contributed by atoms with E-state index in [1.165, 1.54) is 18.2 Å². The van der Waals surface area contributed by atoms with Crippen molar-refractivity contribution in [3.05, 3.63) is 40.2 Å². The van der Waals surface area contributed by atoms with Gasteiger partial charge in [0.1, 0.15) is 91.1 Å². The lowest BCUT2D eigenvalue weighted by Crippen LogP contribution is -2.68. The summed E-state index contributed by atoms with van der Waals surface area (Å²) >= 11 is 0. The molecule has 3 aliphatic heterocycles. The average molecular weight is 1740 g/mol. The van der Waals surface area contributed by atoms with Crippen LogP contribution in [0, 0.1) is 24.7 Å². The van der Waals surface area contributed by atoms with Crippen molar-refractivity contribution in [1.82, 2.24) is 31.9 Å². The molecular formula is C78H117N7O37. The number of hydrogen-bond acceptors (Lipinski definition) is 33. The molecule has 1 saturated carbocycles. The van der Waals surface area contributed by atoms with E-state index in [2.05, 4.69) is 31.9 Å². The fraction of sp³-hybridized carbons (Fsp3) is 0.718. The van der Waals surface area contributed by atoms with E-state index in [0.29, 0.717) is 81.7 Å². The number of fused-ring (bicyclic) bond motifs is 1. The van der Waals surface area contributed by atoms with Crippen molar-refractivity contribution in [2.75, 3.05) is 65.9 Å². The maximum atomic E-state index is 13.4. The molecule has 3 saturated heterocycles. The lowest BCUT2D eigenvalue weighted by molar-refractivity contribution is -0.386. The molecule has 44 heteroatoms. The number of ketones is 2. The van der Waals surface area contributed by atoms with Crippen molar-refractivity contribution in [3.63, 3.8) is 0 Å². The second-order valence-electron chi connectivity index (χ2n) is 30.7. The zero-order chi connectivity index (χ0) is 89.9. The summed E-state index contributed by atoms with van der Waals surface area (Å²) in [5.41, 5.74) is 5.55. The number of aliphatic hydroxyl groups excluding tert-OH is 10. The maximum absolute atomic E-state index is 13.4. The van der Waals surface area contributed by atoms with Crippen molar-refractivity contribution in [1.29, 1.82) is 0 Å². The van der Waals surface area contributed by atoms with Crippen LogP contribution in [0.4, 0.5) is 0 Å². The number of nitrogens with two attached hydrogens (primary N) is 1. The number of aliphatic carboxylic acids is 4. The lowest BCUT2D eigenvalue weighted by atomic mass is 9.80. The van der Waals surface area contributed by atoms with Crippen molar-refractivity contribution < 1.29 is 176 Å². The van der Waals surface area contributed by atoms with Gasteiger partial charge in [0.15, 0.2) is 17.9 Å². The van der Waals surface area contributed by atoms with Crippen molar-refractivity contribution in [3.8, 4) is 5.75 Å². The molecule has 19 atom stereocenters. The standard InChI is InChI=1S/C78H117N7O37/c1-40-30-63(102)117-53-32-44(20-21-45(40)53)116-75-67(106)66(105)70(55(38-88)119-75)120-76-68(107)71(65(104)54(37-87)118-76)122-78(77(112)113)33-51(91)46(69(121-78)64(103)52(92)36-86)31-43(89)35-82-57(94)13-5-3-2-4-12-56(93)80-26-7-6-10-48(72(79)108)84-60(97)39-115-29-28-114-27-9-11-50(90)47(23-25-62(100)101)83-59(96)24-22-49(74(110)111)85-73(109)42-18-16-41(17-19-42)34-81-58(95)14-8-15-61(98)99/h20-21,30,32,41-42,46-49,51-52,54-55,64-71,75-76,86-88,91-92,103-107H,2-19,22-29,31,33-39H2,1H3,(H2,79,108)(H,80,93)(H,81,95)(H,82,94)(H,83,96)(H,84,97)(H,85,109)(H,98,99)(H,100,101)(H,110,111)(H,112,113)/t41?,42?,46?,47?,48-,49?,51?,52+,54?,55?,64?,65-,66+,67?,68?,69?,70+,71-,75+,76-,78?/m0/s1. The zero-order valence-corrected chi connectivity index (χ0v) is 67.6. The van der Waals surface area contributed by atoms with Crippen molar-refractivity contribution in [2.24, 2.45) is 23.5 Å². The number of carboxylic acids is 4.